The fraction of sp³-hybridized carbons (Fsp3) is 0.556. The second kappa shape index (κ2) is 5.80. The summed E-state index contributed by atoms with van der Waals surface area (Å²) in [5, 5.41) is 0. The minimum Gasteiger partial charge on any atom is -0.382 e. The van der Waals surface area contributed by atoms with E-state index in [4.69, 9.17) is 5.73 Å². The van der Waals surface area contributed by atoms with E-state index in [1.807, 2.05) is 11.8 Å². The third-order valence-corrected chi connectivity index (χ3v) is 2.69. The standard InChI is InChI=1S/C9H15N3S/c1-2-3-4-13-7-8-5-12-9(10)6-11-8/h5-6H,2-4,7H2,1H3,(H2,10,12). The van der Waals surface area contributed by atoms with E-state index in [-0.39, 0.29) is 0 Å². The zero-order chi connectivity index (χ0) is 9.52. The van der Waals surface area contributed by atoms with Gasteiger partial charge in [-0.2, -0.15) is 11.8 Å². The number of nitrogen functional groups attached to an aromatic ring is 1. The van der Waals surface area contributed by atoms with E-state index >= 15 is 0 Å². The molecule has 0 bridgehead atoms. The van der Waals surface area contributed by atoms with Crippen molar-refractivity contribution in [1.82, 2.24) is 9.97 Å². The van der Waals surface area contributed by atoms with Gasteiger partial charge in [-0.25, -0.2) is 4.98 Å². The van der Waals surface area contributed by atoms with Crippen molar-refractivity contribution < 1.29 is 0 Å². The molecule has 4 heteroatoms. The Hall–Kier alpha value is -0.770. The summed E-state index contributed by atoms with van der Waals surface area (Å²) in [5.74, 6) is 2.62. The first-order chi connectivity index (χ1) is 6.33. The molecule has 0 atom stereocenters. The zero-order valence-electron chi connectivity index (χ0n) is 7.86. The first-order valence-corrected chi connectivity index (χ1v) is 5.62. The minimum absolute atomic E-state index is 0.488. The number of hydrogen-bond donors (Lipinski definition) is 1. The van der Waals surface area contributed by atoms with Crippen LogP contribution < -0.4 is 5.73 Å². The van der Waals surface area contributed by atoms with Crippen molar-refractivity contribution in [3.8, 4) is 0 Å². The monoisotopic (exact) mass is 197 g/mol. The molecule has 72 valence electrons. The maximum atomic E-state index is 5.42. The summed E-state index contributed by atoms with van der Waals surface area (Å²) in [6, 6.07) is 0. The largest absolute Gasteiger partial charge is 0.382 e. The lowest BCUT2D eigenvalue weighted by atomic mass is 10.4. The number of nitrogens with zero attached hydrogens (tertiary/aromatic N) is 2. The second-order valence-corrected chi connectivity index (χ2v) is 3.94. The molecule has 0 unspecified atom stereocenters. The van der Waals surface area contributed by atoms with Gasteiger partial charge in [0.2, 0.25) is 0 Å². The quantitative estimate of drug-likeness (QED) is 0.734. The van der Waals surface area contributed by atoms with Crippen LogP contribution in [0, 0.1) is 0 Å². The number of unbranched alkanes of at least 4 members (excludes halogenated alkanes) is 1. The average molecular weight is 197 g/mol. The first kappa shape index (κ1) is 10.3. The highest BCUT2D eigenvalue weighted by molar-refractivity contribution is 7.98. The van der Waals surface area contributed by atoms with Gasteiger partial charge in [-0.15, -0.1) is 0 Å². The van der Waals surface area contributed by atoms with Crippen molar-refractivity contribution in [2.24, 2.45) is 0 Å². The van der Waals surface area contributed by atoms with Crippen LogP contribution in [0.15, 0.2) is 12.4 Å². The molecule has 0 amide bonds. The summed E-state index contributed by atoms with van der Waals surface area (Å²) in [5.41, 5.74) is 6.43. The van der Waals surface area contributed by atoms with Crippen LogP contribution in [-0.2, 0) is 5.75 Å². The lowest BCUT2D eigenvalue weighted by Gasteiger charge is -1.99. The number of aromatic nitrogens is 2. The van der Waals surface area contributed by atoms with Gasteiger partial charge in [0, 0.05) is 5.75 Å². The highest BCUT2D eigenvalue weighted by atomic mass is 32.2. The Morgan fingerprint density at radius 3 is 2.85 bits per heavy atom. The SMILES string of the molecule is CCCCSCc1cnc(N)cn1. The molecule has 0 aliphatic heterocycles. The van der Waals surface area contributed by atoms with Crippen LogP contribution in [0.1, 0.15) is 25.5 Å². The summed E-state index contributed by atoms with van der Waals surface area (Å²) in [7, 11) is 0. The second-order valence-electron chi connectivity index (χ2n) is 2.84. The van der Waals surface area contributed by atoms with Crippen molar-refractivity contribution in [3.63, 3.8) is 0 Å². The van der Waals surface area contributed by atoms with Crippen molar-refractivity contribution in [1.29, 1.82) is 0 Å². The van der Waals surface area contributed by atoms with Gasteiger partial charge in [0.15, 0.2) is 0 Å². The van der Waals surface area contributed by atoms with Crippen molar-refractivity contribution in [2.45, 2.75) is 25.5 Å². The number of hydrogen-bond acceptors (Lipinski definition) is 4. The smallest absolute Gasteiger partial charge is 0.141 e. The molecule has 2 N–H and O–H groups in total. The molecule has 0 aromatic carbocycles. The maximum absolute atomic E-state index is 5.42. The molecule has 0 saturated heterocycles. The van der Waals surface area contributed by atoms with Crippen LogP contribution in [0.25, 0.3) is 0 Å². The fourth-order valence-corrected chi connectivity index (χ4v) is 1.86. The Balaban J connectivity index is 2.25. The first-order valence-electron chi connectivity index (χ1n) is 4.47. The van der Waals surface area contributed by atoms with E-state index in [1.54, 1.807) is 12.4 Å². The molecule has 0 fully saturated rings. The third kappa shape index (κ3) is 4.12. The fourth-order valence-electron chi connectivity index (χ4n) is 0.862. The van der Waals surface area contributed by atoms with Crippen LogP contribution in [0.3, 0.4) is 0 Å². The van der Waals surface area contributed by atoms with E-state index in [0.29, 0.717) is 5.82 Å². The Morgan fingerprint density at radius 1 is 1.38 bits per heavy atom. The van der Waals surface area contributed by atoms with Crippen LogP contribution in [0.2, 0.25) is 0 Å². The molecule has 0 aliphatic rings. The molecule has 1 heterocycles. The number of thioether (sulfide) groups is 1. The minimum atomic E-state index is 0.488. The van der Waals surface area contributed by atoms with E-state index in [9.17, 15) is 0 Å². The van der Waals surface area contributed by atoms with Crippen molar-refractivity contribution in [2.75, 3.05) is 11.5 Å². The molecule has 1 aromatic rings. The topological polar surface area (TPSA) is 51.8 Å². The highest BCUT2D eigenvalue weighted by Gasteiger charge is 1.95. The van der Waals surface area contributed by atoms with Gasteiger partial charge in [-0.1, -0.05) is 13.3 Å². The van der Waals surface area contributed by atoms with Crippen LogP contribution >= 0.6 is 11.8 Å². The van der Waals surface area contributed by atoms with Gasteiger partial charge in [-0.05, 0) is 12.2 Å². The van der Waals surface area contributed by atoms with Crippen molar-refractivity contribution in [3.05, 3.63) is 18.1 Å². The van der Waals surface area contributed by atoms with Crippen LogP contribution in [0.5, 0.6) is 0 Å². The lowest BCUT2D eigenvalue weighted by molar-refractivity contribution is 0.895. The summed E-state index contributed by atoms with van der Waals surface area (Å²) >= 11 is 1.89. The van der Waals surface area contributed by atoms with Gasteiger partial charge in [0.1, 0.15) is 5.82 Å². The van der Waals surface area contributed by atoms with E-state index < -0.39 is 0 Å². The number of nitrogens with two attached hydrogens (primary N) is 1. The molecule has 0 saturated carbocycles. The Kier molecular flexibility index (Phi) is 4.60. The van der Waals surface area contributed by atoms with Gasteiger partial charge in [0.05, 0.1) is 18.1 Å². The molecular formula is C9H15N3S. The zero-order valence-corrected chi connectivity index (χ0v) is 8.68. The molecule has 1 aromatic heterocycles. The molecule has 0 spiro atoms. The van der Waals surface area contributed by atoms with Gasteiger partial charge in [-0.3, -0.25) is 4.98 Å². The Morgan fingerprint density at radius 2 is 2.23 bits per heavy atom. The predicted molar refractivity (Wildman–Crippen MR) is 57.5 cm³/mol. The molecule has 3 nitrogen and oxygen atoms in total. The van der Waals surface area contributed by atoms with Gasteiger partial charge >= 0.3 is 0 Å². The lowest BCUT2D eigenvalue weighted by Crippen LogP contribution is -1.94. The Bertz CT molecular complexity index is 235. The number of anilines is 1. The highest BCUT2D eigenvalue weighted by Crippen LogP contribution is 2.11. The summed E-state index contributed by atoms with van der Waals surface area (Å²) in [6.45, 7) is 2.20. The molecule has 0 radical (unpaired) electrons. The van der Waals surface area contributed by atoms with E-state index in [2.05, 4.69) is 16.9 Å². The van der Waals surface area contributed by atoms with Crippen molar-refractivity contribution >= 4 is 17.6 Å². The molecular weight excluding hydrogens is 182 g/mol. The average Bonchev–Trinajstić information content (AvgIpc) is 2.15. The normalized spacial score (nSPS) is 10.2. The molecule has 1 rings (SSSR count). The summed E-state index contributed by atoms with van der Waals surface area (Å²) < 4.78 is 0. The van der Waals surface area contributed by atoms with E-state index in [1.165, 1.54) is 18.6 Å². The molecule has 0 aliphatic carbocycles. The van der Waals surface area contributed by atoms with Gasteiger partial charge < -0.3 is 5.73 Å². The summed E-state index contributed by atoms with van der Waals surface area (Å²) in [4.78, 5) is 8.15. The van der Waals surface area contributed by atoms with Gasteiger partial charge in [0.25, 0.3) is 0 Å². The van der Waals surface area contributed by atoms with Crippen LogP contribution in [-0.4, -0.2) is 15.7 Å². The Labute approximate surface area is 83.2 Å². The number of rotatable bonds is 5. The van der Waals surface area contributed by atoms with E-state index in [0.717, 1.165) is 11.4 Å². The third-order valence-electron chi connectivity index (χ3n) is 1.62. The summed E-state index contributed by atoms with van der Waals surface area (Å²) in [6.07, 6.45) is 5.87. The van der Waals surface area contributed by atoms with Crippen LogP contribution in [0.4, 0.5) is 5.82 Å². The molecule has 13 heavy (non-hydrogen) atoms. The predicted octanol–water partition coefficient (Wildman–Crippen LogP) is 2.09. The maximum Gasteiger partial charge on any atom is 0.141 e.